The van der Waals surface area contributed by atoms with Crippen LogP contribution in [0.5, 0.6) is 5.75 Å². The first-order valence-corrected chi connectivity index (χ1v) is 8.37. The largest absolute Gasteiger partial charge is 0.484 e. The Labute approximate surface area is 146 Å². The number of rotatable bonds is 4. The standard InChI is InChI=1S/C18H21N5O2/c1-13-20-14(2)23(21-13)16-4-3-9-22(11-16)18(24)12-25-17-7-5-15(10-19)6-8-17/h5-8,16H,3-4,9,11-12H2,1-2H3/t16-/m1/s1. The van der Waals surface area contributed by atoms with Crippen LogP contribution in [-0.4, -0.2) is 45.3 Å². The number of carbonyl (C=O) groups excluding carboxylic acids is 1. The van der Waals surface area contributed by atoms with E-state index in [-0.39, 0.29) is 18.6 Å². The van der Waals surface area contributed by atoms with Crippen molar-refractivity contribution in [1.82, 2.24) is 19.7 Å². The molecule has 1 saturated heterocycles. The van der Waals surface area contributed by atoms with Gasteiger partial charge < -0.3 is 9.64 Å². The van der Waals surface area contributed by atoms with E-state index in [1.54, 1.807) is 24.3 Å². The monoisotopic (exact) mass is 339 g/mol. The van der Waals surface area contributed by atoms with E-state index in [4.69, 9.17) is 10.00 Å². The Balaban J connectivity index is 1.58. The molecule has 0 radical (unpaired) electrons. The van der Waals surface area contributed by atoms with Gasteiger partial charge in [0.25, 0.3) is 5.91 Å². The molecule has 0 spiro atoms. The molecule has 1 aromatic heterocycles. The second-order valence-electron chi connectivity index (χ2n) is 6.21. The van der Waals surface area contributed by atoms with Gasteiger partial charge in [0.15, 0.2) is 6.61 Å². The first kappa shape index (κ1) is 17.0. The Hall–Kier alpha value is -2.88. The highest BCUT2D eigenvalue weighted by molar-refractivity contribution is 5.77. The second-order valence-corrected chi connectivity index (χ2v) is 6.21. The molecule has 2 heterocycles. The van der Waals surface area contributed by atoms with E-state index in [2.05, 4.69) is 16.2 Å². The Bertz CT molecular complexity index is 791. The number of carbonyl (C=O) groups is 1. The maximum absolute atomic E-state index is 12.5. The predicted octanol–water partition coefficient (Wildman–Crippen LogP) is 2.01. The van der Waals surface area contributed by atoms with Crippen molar-refractivity contribution in [3.63, 3.8) is 0 Å². The van der Waals surface area contributed by atoms with Crippen LogP contribution in [0.3, 0.4) is 0 Å². The minimum Gasteiger partial charge on any atom is -0.484 e. The van der Waals surface area contributed by atoms with Crippen LogP contribution in [0.2, 0.25) is 0 Å². The lowest BCUT2D eigenvalue weighted by Crippen LogP contribution is -2.43. The molecule has 2 aromatic rings. The quantitative estimate of drug-likeness (QED) is 0.851. The number of likely N-dealkylation sites (tertiary alicyclic amines) is 1. The molecule has 0 aliphatic carbocycles. The number of benzene rings is 1. The van der Waals surface area contributed by atoms with Gasteiger partial charge in [-0.05, 0) is 51.0 Å². The third-order valence-corrected chi connectivity index (χ3v) is 4.35. The van der Waals surface area contributed by atoms with Gasteiger partial charge in [0.2, 0.25) is 0 Å². The molecule has 0 bridgehead atoms. The van der Waals surface area contributed by atoms with E-state index < -0.39 is 0 Å². The first-order valence-electron chi connectivity index (χ1n) is 8.37. The zero-order valence-corrected chi connectivity index (χ0v) is 14.5. The molecule has 7 nitrogen and oxygen atoms in total. The Morgan fingerprint density at radius 3 is 2.76 bits per heavy atom. The molecule has 0 N–H and O–H groups in total. The summed E-state index contributed by atoms with van der Waals surface area (Å²) in [5.41, 5.74) is 0.566. The van der Waals surface area contributed by atoms with E-state index >= 15 is 0 Å². The molecule has 1 amide bonds. The summed E-state index contributed by atoms with van der Waals surface area (Å²) in [6.45, 7) is 5.17. The van der Waals surface area contributed by atoms with Crippen LogP contribution in [0, 0.1) is 25.2 Å². The summed E-state index contributed by atoms with van der Waals surface area (Å²) in [4.78, 5) is 18.6. The molecule has 0 saturated carbocycles. The molecule has 7 heteroatoms. The Morgan fingerprint density at radius 1 is 1.36 bits per heavy atom. The topological polar surface area (TPSA) is 84.0 Å². The van der Waals surface area contributed by atoms with Gasteiger partial charge in [-0.3, -0.25) is 4.79 Å². The van der Waals surface area contributed by atoms with Crippen molar-refractivity contribution in [1.29, 1.82) is 5.26 Å². The molecule has 130 valence electrons. The summed E-state index contributed by atoms with van der Waals surface area (Å²) in [5.74, 6) is 2.18. The third-order valence-electron chi connectivity index (χ3n) is 4.35. The summed E-state index contributed by atoms with van der Waals surface area (Å²) < 4.78 is 7.48. The molecule has 0 unspecified atom stereocenters. The molecule has 1 fully saturated rings. The average molecular weight is 339 g/mol. The molecule has 1 aromatic carbocycles. The number of nitrogens with zero attached hydrogens (tertiary/aromatic N) is 5. The summed E-state index contributed by atoms with van der Waals surface area (Å²) in [6.07, 6.45) is 1.93. The summed E-state index contributed by atoms with van der Waals surface area (Å²) in [7, 11) is 0. The summed E-state index contributed by atoms with van der Waals surface area (Å²) in [5, 5.41) is 13.2. The van der Waals surface area contributed by atoms with Gasteiger partial charge in [0.05, 0.1) is 17.7 Å². The van der Waals surface area contributed by atoms with Crippen molar-refractivity contribution >= 4 is 5.91 Å². The van der Waals surface area contributed by atoms with Crippen molar-refractivity contribution in [3.8, 4) is 11.8 Å². The minimum absolute atomic E-state index is 0.00596. The Kier molecular flexibility index (Phi) is 4.98. The van der Waals surface area contributed by atoms with Crippen molar-refractivity contribution in [2.75, 3.05) is 19.7 Å². The number of piperidine rings is 1. The lowest BCUT2D eigenvalue weighted by Gasteiger charge is -2.33. The van der Waals surface area contributed by atoms with Gasteiger partial charge in [-0.15, -0.1) is 0 Å². The van der Waals surface area contributed by atoms with Crippen molar-refractivity contribution in [3.05, 3.63) is 41.5 Å². The van der Waals surface area contributed by atoms with Gasteiger partial charge >= 0.3 is 0 Å². The number of hydrogen-bond donors (Lipinski definition) is 0. The number of aryl methyl sites for hydroxylation is 2. The first-order chi connectivity index (χ1) is 12.1. The molecule has 3 rings (SSSR count). The minimum atomic E-state index is -0.0384. The Morgan fingerprint density at radius 2 is 2.12 bits per heavy atom. The van der Waals surface area contributed by atoms with Gasteiger partial charge in [0.1, 0.15) is 17.4 Å². The predicted molar refractivity (Wildman–Crippen MR) is 91.0 cm³/mol. The highest BCUT2D eigenvalue weighted by Crippen LogP contribution is 2.22. The van der Waals surface area contributed by atoms with Gasteiger partial charge in [0, 0.05) is 13.1 Å². The van der Waals surface area contributed by atoms with E-state index in [9.17, 15) is 4.79 Å². The molecule has 1 aliphatic rings. The highest BCUT2D eigenvalue weighted by Gasteiger charge is 2.26. The number of amides is 1. The lowest BCUT2D eigenvalue weighted by molar-refractivity contribution is -0.135. The van der Waals surface area contributed by atoms with Crippen LogP contribution in [0.25, 0.3) is 0 Å². The van der Waals surface area contributed by atoms with E-state index in [0.717, 1.165) is 31.0 Å². The smallest absolute Gasteiger partial charge is 0.260 e. The van der Waals surface area contributed by atoms with Crippen molar-refractivity contribution in [2.45, 2.75) is 32.7 Å². The third kappa shape index (κ3) is 3.97. The molecule has 1 aliphatic heterocycles. The second kappa shape index (κ2) is 7.34. The molecular formula is C18H21N5O2. The van der Waals surface area contributed by atoms with Crippen LogP contribution in [-0.2, 0) is 4.79 Å². The van der Waals surface area contributed by atoms with Gasteiger partial charge in [-0.1, -0.05) is 0 Å². The van der Waals surface area contributed by atoms with Crippen LogP contribution in [0.1, 0.15) is 36.1 Å². The van der Waals surface area contributed by atoms with Crippen LogP contribution in [0.15, 0.2) is 24.3 Å². The average Bonchev–Trinajstić information content (AvgIpc) is 2.98. The number of nitriles is 1. The molecule has 25 heavy (non-hydrogen) atoms. The van der Waals surface area contributed by atoms with Crippen LogP contribution < -0.4 is 4.74 Å². The maximum atomic E-state index is 12.5. The number of ether oxygens (including phenoxy) is 1. The highest BCUT2D eigenvalue weighted by atomic mass is 16.5. The number of hydrogen-bond acceptors (Lipinski definition) is 5. The van der Waals surface area contributed by atoms with Gasteiger partial charge in [-0.25, -0.2) is 9.67 Å². The van der Waals surface area contributed by atoms with E-state index in [0.29, 0.717) is 17.9 Å². The normalized spacial score (nSPS) is 17.2. The summed E-state index contributed by atoms with van der Waals surface area (Å²) >= 11 is 0. The van der Waals surface area contributed by atoms with E-state index in [1.807, 2.05) is 23.4 Å². The SMILES string of the molecule is Cc1nc(C)n([C@@H]2CCCN(C(=O)COc3ccc(C#N)cc3)C2)n1. The fourth-order valence-electron chi connectivity index (χ4n) is 3.12. The zero-order chi connectivity index (χ0) is 17.8. The van der Waals surface area contributed by atoms with Crippen LogP contribution >= 0.6 is 0 Å². The van der Waals surface area contributed by atoms with E-state index in [1.165, 1.54) is 0 Å². The molecule has 1 atom stereocenters. The zero-order valence-electron chi connectivity index (χ0n) is 14.5. The van der Waals surface area contributed by atoms with Crippen molar-refractivity contribution in [2.24, 2.45) is 0 Å². The van der Waals surface area contributed by atoms with Crippen LogP contribution in [0.4, 0.5) is 0 Å². The number of aromatic nitrogens is 3. The fourth-order valence-corrected chi connectivity index (χ4v) is 3.12. The fraction of sp³-hybridized carbons (Fsp3) is 0.444. The lowest BCUT2D eigenvalue weighted by atomic mass is 10.1. The maximum Gasteiger partial charge on any atom is 0.260 e. The summed E-state index contributed by atoms with van der Waals surface area (Å²) in [6, 6.07) is 8.96. The van der Waals surface area contributed by atoms with Gasteiger partial charge in [-0.2, -0.15) is 10.4 Å². The van der Waals surface area contributed by atoms with Crippen molar-refractivity contribution < 1.29 is 9.53 Å². The molecular weight excluding hydrogens is 318 g/mol.